The van der Waals surface area contributed by atoms with Gasteiger partial charge in [0, 0.05) is 0 Å². The van der Waals surface area contributed by atoms with Gasteiger partial charge in [0.05, 0.1) is 4.90 Å². The molecule has 0 fully saturated rings. The molecule has 0 spiro atoms. The molecule has 0 bridgehead atoms. The van der Waals surface area contributed by atoms with Gasteiger partial charge in [0.15, 0.2) is 0 Å². The minimum Gasteiger partial charge on any atom is -0.212 e. The molecule has 0 saturated carbocycles. The van der Waals surface area contributed by atoms with Crippen molar-refractivity contribution in [3.05, 3.63) is 30.3 Å². The van der Waals surface area contributed by atoms with E-state index in [2.05, 4.69) is 11.7 Å². The zero-order valence-corrected chi connectivity index (χ0v) is 6.77. The summed E-state index contributed by atoms with van der Waals surface area (Å²) in [6.07, 6.45) is 0. The first-order chi connectivity index (χ1) is 4.61. The molecule has 0 radical (unpaired) electrons. The number of benzene rings is 1. The second-order valence-electron chi connectivity index (χ2n) is 1.79. The maximum atomic E-state index is 10.7. The van der Waals surface area contributed by atoms with Crippen molar-refractivity contribution in [2.75, 3.05) is 0 Å². The summed E-state index contributed by atoms with van der Waals surface area (Å²) in [6, 6.07) is 8.07. The zero-order valence-electron chi connectivity index (χ0n) is 5.06. The molecule has 0 atom stereocenters. The quantitative estimate of drug-likeness (QED) is 0.514. The summed E-state index contributed by atoms with van der Waals surface area (Å²) in [4.78, 5) is 0.235. The third-order valence-electron chi connectivity index (χ3n) is 1.04. The van der Waals surface area contributed by atoms with Crippen LogP contribution in [0.25, 0.3) is 0 Å². The number of hydrogen-bond donors (Lipinski definition) is 1. The van der Waals surface area contributed by atoms with E-state index in [1.807, 2.05) is 0 Å². The Balaban J connectivity index is 3.22. The largest absolute Gasteiger partial charge is 0.227 e. The third kappa shape index (κ3) is 1.75. The van der Waals surface area contributed by atoms with E-state index in [0.29, 0.717) is 0 Å². The molecular weight excluding hydrogens is 168 g/mol. The fourth-order valence-electron chi connectivity index (χ4n) is 0.592. The topological polar surface area (TPSA) is 34.1 Å². The molecule has 1 aromatic carbocycles. The van der Waals surface area contributed by atoms with Crippen LogP contribution in [0.5, 0.6) is 0 Å². The predicted octanol–water partition coefficient (Wildman–Crippen LogP) is 1.31. The highest BCUT2D eigenvalue weighted by Gasteiger charge is 2.04. The first-order valence-corrected chi connectivity index (χ1v) is 5.17. The lowest BCUT2D eigenvalue weighted by Gasteiger charge is -1.92. The third-order valence-corrected chi connectivity index (χ3v) is 2.54. The van der Waals surface area contributed by atoms with E-state index in [4.69, 9.17) is 0 Å². The fourth-order valence-corrected chi connectivity index (χ4v) is 1.46. The normalized spacial score (nSPS) is 11.3. The van der Waals surface area contributed by atoms with Crippen LogP contribution in [-0.4, -0.2) is 8.42 Å². The molecule has 0 aliphatic rings. The molecule has 2 nitrogen and oxygen atoms in total. The molecule has 1 rings (SSSR count). The molecule has 4 heteroatoms. The van der Waals surface area contributed by atoms with Crippen LogP contribution < -0.4 is 0 Å². The Bertz CT molecular complexity index is 302. The summed E-state index contributed by atoms with van der Waals surface area (Å²) in [7, 11) is -3.31. The minimum atomic E-state index is -3.31. The summed E-state index contributed by atoms with van der Waals surface area (Å²) < 4.78 is 21.4. The molecule has 1 aromatic rings. The summed E-state index contributed by atoms with van der Waals surface area (Å²) in [5.74, 6) is 0. The second kappa shape index (κ2) is 2.64. The van der Waals surface area contributed by atoms with Crippen molar-refractivity contribution in [1.82, 2.24) is 0 Å². The van der Waals surface area contributed by atoms with Gasteiger partial charge in [-0.05, 0) is 23.8 Å². The van der Waals surface area contributed by atoms with Gasteiger partial charge in [-0.15, -0.1) is 0 Å². The average Bonchev–Trinajstić information content (AvgIpc) is 1.88. The summed E-state index contributed by atoms with van der Waals surface area (Å²) in [6.45, 7) is 0. The Kier molecular flexibility index (Phi) is 2.01. The Labute approximate surface area is 64.6 Å². The van der Waals surface area contributed by atoms with Crippen LogP contribution >= 0.6 is 11.7 Å². The van der Waals surface area contributed by atoms with Crippen LogP contribution in [0, 0.1) is 0 Å². The molecule has 0 aromatic heterocycles. The first-order valence-electron chi connectivity index (χ1n) is 2.63. The average molecular weight is 174 g/mol. The molecule has 10 heavy (non-hydrogen) atoms. The van der Waals surface area contributed by atoms with E-state index in [0.717, 1.165) is 0 Å². The summed E-state index contributed by atoms with van der Waals surface area (Å²) in [5, 5.41) is 0. The van der Waals surface area contributed by atoms with E-state index in [1.54, 1.807) is 18.2 Å². The second-order valence-corrected chi connectivity index (χ2v) is 4.65. The lowest BCUT2D eigenvalue weighted by atomic mass is 10.4. The SMILES string of the molecule is O=S(=O)(S)c1ccccc1. The molecule has 0 N–H and O–H groups in total. The van der Waals surface area contributed by atoms with Crippen molar-refractivity contribution in [1.29, 1.82) is 0 Å². The molecular formula is C6H6O2S2. The molecule has 0 aliphatic carbocycles. The lowest BCUT2D eigenvalue weighted by molar-refractivity contribution is 0.611. The van der Waals surface area contributed by atoms with Crippen molar-refractivity contribution in [3.63, 3.8) is 0 Å². The number of hydrogen-bond acceptors (Lipinski definition) is 2. The summed E-state index contributed by atoms with van der Waals surface area (Å²) >= 11 is 3.42. The van der Waals surface area contributed by atoms with Gasteiger partial charge in [0.1, 0.15) is 0 Å². The highest BCUT2D eigenvalue weighted by Crippen LogP contribution is 2.11. The predicted molar refractivity (Wildman–Crippen MR) is 42.6 cm³/mol. The Hall–Kier alpha value is -0.480. The number of rotatable bonds is 1. The van der Waals surface area contributed by atoms with Gasteiger partial charge >= 0.3 is 0 Å². The first kappa shape index (κ1) is 7.63. The molecule has 0 amide bonds. The molecule has 0 saturated heterocycles. The standard InChI is InChI=1S/C6H6O2S2/c7-10(8,9)6-4-2-1-3-5-6/h1-5H,(H,7,8,9). The minimum absolute atomic E-state index is 0.235. The van der Waals surface area contributed by atoms with Crippen molar-refractivity contribution < 1.29 is 8.42 Å². The Morgan fingerprint density at radius 2 is 1.60 bits per heavy atom. The van der Waals surface area contributed by atoms with Gasteiger partial charge in [-0.3, -0.25) is 0 Å². The van der Waals surface area contributed by atoms with E-state index >= 15 is 0 Å². The van der Waals surface area contributed by atoms with Crippen LogP contribution in [0.1, 0.15) is 0 Å². The molecule has 0 heterocycles. The van der Waals surface area contributed by atoms with Gasteiger partial charge < -0.3 is 0 Å². The van der Waals surface area contributed by atoms with Gasteiger partial charge in [-0.2, -0.15) is 0 Å². The van der Waals surface area contributed by atoms with E-state index in [9.17, 15) is 8.42 Å². The zero-order chi connectivity index (χ0) is 7.61. The molecule has 0 unspecified atom stereocenters. The maximum absolute atomic E-state index is 10.7. The smallest absolute Gasteiger partial charge is 0.212 e. The monoisotopic (exact) mass is 174 g/mol. The number of thiol groups is 1. The van der Waals surface area contributed by atoms with Gasteiger partial charge in [-0.25, -0.2) is 8.42 Å². The van der Waals surface area contributed by atoms with Crippen molar-refractivity contribution in [3.8, 4) is 0 Å². The van der Waals surface area contributed by atoms with Gasteiger partial charge in [0.25, 0.3) is 0 Å². The fraction of sp³-hybridized carbons (Fsp3) is 0. The maximum Gasteiger partial charge on any atom is 0.227 e. The van der Waals surface area contributed by atoms with Gasteiger partial charge in [-0.1, -0.05) is 18.2 Å². The van der Waals surface area contributed by atoms with Crippen LogP contribution in [0.4, 0.5) is 0 Å². The molecule has 54 valence electrons. The van der Waals surface area contributed by atoms with Crippen LogP contribution in [0.15, 0.2) is 35.2 Å². The van der Waals surface area contributed by atoms with E-state index in [-0.39, 0.29) is 4.90 Å². The highest BCUT2D eigenvalue weighted by molar-refractivity contribution is 8.63. The van der Waals surface area contributed by atoms with Crippen LogP contribution in [-0.2, 0) is 8.87 Å². The van der Waals surface area contributed by atoms with Gasteiger partial charge in [0.2, 0.25) is 8.87 Å². The van der Waals surface area contributed by atoms with Crippen molar-refractivity contribution >= 4 is 20.5 Å². The van der Waals surface area contributed by atoms with Crippen molar-refractivity contribution in [2.24, 2.45) is 0 Å². The lowest BCUT2D eigenvalue weighted by Crippen LogP contribution is -1.87. The highest BCUT2D eigenvalue weighted by atomic mass is 33.1. The van der Waals surface area contributed by atoms with E-state index < -0.39 is 8.87 Å². The molecule has 0 aliphatic heterocycles. The van der Waals surface area contributed by atoms with E-state index in [1.165, 1.54) is 12.1 Å². The summed E-state index contributed by atoms with van der Waals surface area (Å²) in [5.41, 5.74) is 0. The van der Waals surface area contributed by atoms with Crippen LogP contribution in [0.3, 0.4) is 0 Å². The Morgan fingerprint density at radius 3 is 1.90 bits per heavy atom. The van der Waals surface area contributed by atoms with Crippen LogP contribution in [0.2, 0.25) is 0 Å². The Morgan fingerprint density at radius 1 is 1.10 bits per heavy atom. The van der Waals surface area contributed by atoms with Crippen molar-refractivity contribution in [2.45, 2.75) is 4.90 Å².